The van der Waals surface area contributed by atoms with Crippen molar-refractivity contribution in [3.63, 3.8) is 0 Å². The van der Waals surface area contributed by atoms with E-state index in [2.05, 4.69) is 31.1 Å². The molecule has 0 saturated heterocycles. The molecule has 18 heavy (non-hydrogen) atoms. The number of aliphatic hydroxyl groups excluding tert-OH is 1. The fourth-order valence-corrected chi connectivity index (χ4v) is 1.74. The van der Waals surface area contributed by atoms with E-state index in [1.54, 1.807) is 0 Å². The summed E-state index contributed by atoms with van der Waals surface area (Å²) in [5.74, 6) is 0. The van der Waals surface area contributed by atoms with Crippen LogP contribution in [0.3, 0.4) is 0 Å². The van der Waals surface area contributed by atoms with Gasteiger partial charge in [-0.25, -0.2) is 0 Å². The number of hydrogen-bond acceptors (Lipinski definition) is 3. The van der Waals surface area contributed by atoms with E-state index in [9.17, 15) is 5.11 Å². The number of aliphatic hydroxyl groups is 1. The first kappa shape index (κ1) is 15.2. The third-order valence-electron chi connectivity index (χ3n) is 3.27. The van der Waals surface area contributed by atoms with E-state index in [4.69, 9.17) is 0 Å². The molecule has 0 heterocycles. The van der Waals surface area contributed by atoms with Gasteiger partial charge in [-0.1, -0.05) is 30.3 Å². The van der Waals surface area contributed by atoms with Crippen LogP contribution < -0.4 is 5.32 Å². The number of hydrogen-bond donors (Lipinski definition) is 2. The fraction of sp³-hybridized carbons (Fsp3) is 0.600. The van der Waals surface area contributed by atoms with E-state index < -0.39 is 6.10 Å². The predicted octanol–water partition coefficient (Wildman–Crippen LogP) is 2.04. The molecule has 1 aromatic carbocycles. The normalized spacial score (nSPS) is 13.2. The molecule has 1 aromatic rings. The standard InChI is InChI=1S/C15H26N2O/c1-13(2)17(3)11-7-10-16-12-15(18)14-8-5-4-6-9-14/h4-6,8-9,13,15-16,18H,7,10-12H2,1-3H3. The molecule has 2 N–H and O–H groups in total. The van der Waals surface area contributed by atoms with Gasteiger partial charge in [-0.3, -0.25) is 0 Å². The van der Waals surface area contributed by atoms with Crippen molar-refractivity contribution in [2.24, 2.45) is 0 Å². The molecule has 0 saturated carbocycles. The summed E-state index contributed by atoms with van der Waals surface area (Å²) in [6, 6.07) is 10.4. The zero-order valence-electron chi connectivity index (χ0n) is 11.8. The van der Waals surface area contributed by atoms with Gasteiger partial charge in [-0.2, -0.15) is 0 Å². The van der Waals surface area contributed by atoms with Crippen molar-refractivity contribution in [3.8, 4) is 0 Å². The minimum Gasteiger partial charge on any atom is -0.387 e. The van der Waals surface area contributed by atoms with Crippen molar-refractivity contribution in [1.82, 2.24) is 10.2 Å². The molecule has 0 aromatic heterocycles. The monoisotopic (exact) mass is 250 g/mol. The molecule has 1 unspecified atom stereocenters. The number of nitrogens with zero attached hydrogens (tertiary/aromatic N) is 1. The Bertz CT molecular complexity index is 314. The molecule has 0 fully saturated rings. The van der Waals surface area contributed by atoms with Crippen LogP contribution in [0.15, 0.2) is 30.3 Å². The Morgan fingerprint density at radius 3 is 2.50 bits per heavy atom. The van der Waals surface area contributed by atoms with Gasteiger partial charge in [-0.05, 0) is 46.0 Å². The van der Waals surface area contributed by atoms with Gasteiger partial charge < -0.3 is 15.3 Å². The number of benzene rings is 1. The summed E-state index contributed by atoms with van der Waals surface area (Å²) in [4.78, 5) is 2.33. The van der Waals surface area contributed by atoms with Crippen molar-refractivity contribution in [3.05, 3.63) is 35.9 Å². The molecule has 102 valence electrons. The molecule has 0 bridgehead atoms. The summed E-state index contributed by atoms with van der Waals surface area (Å²) >= 11 is 0. The first-order valence-corrected chi connectivity index (χ1v) is 6.75. The lowest BCUT2D eigenvalue weighted by Crippen LogP contribution is -2.30. The Labute approximate surface area is 111 Å². The lowest BCUT2D eigenvalue weighted by atomic mass is 10.1. The summed E-state index contributed by atoms with van der Waals surface area (Å²) in [7, 11) is 2.14. The molecule has 0 aliphatic carbocycles. The van der Waals surface area contributed by atoms with E-state index in [0.29, 0.717) is 12.6 Å². The quantitative estimate of drug-likeness (QED) is 0.693. The van der Waals surface area contributed by atoms with Crippen molar-refractivity contribution in [2.45, 2.75) is 32.4 Å². The van der Waals surface area contributed by atoms with Gasteiger partial charge in [0.05, 0.1) is 6.10 Å². The molecule has 0 radical (unpaired) electrons. The molecule has 1 rings (SSSR count). The van der Waals surface area contributed by atoms with Crippen molar-refractivity contribution >= 4 is 0 Å². The van der Waals surface area contributed by atoms with Crippen LogP contribution in [-0.4, -0.2) is 42.7 Å². The van der Waals surface area contributed by atoms with E-state index in [1.165, 1.54) is 0 Å². The average molecular weight is 250 g/mol. The minimum absolute atomic E-state index is 0.408. The Morgan fingerprint density at radius 1 is 1.22 bits per heavy atom. The second kappa shape index (κ2) is 8.25. The van der Waals surface area contributed by atoms with Crippen LogP contribution in [0, 0.1) is 0 Å². The van der Waals surface area contributed by atoms with Gasteiger partial charge in [-0.15, -0.1) is 0 Å². The molecular weight excluding hydrogens is 224 g/mol. The lowest BCUT2D eigenvalue weighted by Gasteiger charge is -2.21. The zero-order chi connectivity index (χ0) is 13.4. The Balaban J connectivity index is 2.11. The minimum atomic E-state index is -0.408. The molecule has 0 amide bonds. The summed E-state index contributed by atoms with van der Waals surface area (Å²) in [5.41, 5.74) is 0.976. The Hall–Kier alpha value is -0.900. The number of nitrogens with one attached hydrogen (secondary N) is 1. The van der Waals surface area contributed by atoms with Crippen LogP contribution in [0.2, 0.25) is 0 Å². The topological polar surface area (TPSA) is 35.5 Å². The highest BCUT2D eigenvalue weighted by Gasteiger charge is 2.06. The lowest BCUT2D eigenvalue weighted by molar-refractivity contribution is 0.173. The van der Waals surface area contributed by atoms with Crippen LogP contribution >= 0.6 is 0 Å². The first-order valence-electron chi connectivity index (χ1n) is 6.75. The second-order valence-electron chi connectivity index (χ2n) is 5.06. The van der Waals surface area contributed by atoms with E-state index in [1.807, 2.05) is 30.3 Å². The van der Waals surface area contributed by atoms with Gasteiger partial charge in [0.2, 0.25) is 0 Å². The van der Waals surface area contributed by atoms with Crippen LogP contribution in [-0.2, 0) is 0 Å². The maximum atomic E-state index is 9.94. The Morgan fingerprint density at radius 2 is 1.89 bits per heavy atom. The molecule has 0 aliphatic heterocycles. The molecule has 1 atom stereocenters. The second-order valence-corrected chi connectivity index (χ2v) is 5.06. The van der Waals surface area contributed by atoms with Gasteiger partial charge in [0.1, 0.15) is 0 Å². The summed E-state index contributed by atoms with van der Waals surface area (Å²) in [6.07, 6.45) is 0.699. The highest BCUT2D eigenvalue weighted by Crippen LogP contribution is 2.10. The average Bonchev–Trinajstić information content (AvgIpc) is 2.38. The molecule has 3 heteroatoms. The highest BCUT2D eigenvalue weighted by atomic mass is 16.3. The van der Waals surface area contributed by atoms with Crippen molar-refractivity contribution in [1.29, 1.82) is 0 Å². The SMILES string of the molecule is CC(C)N(C)CCCNCC(O)c1ccccc1. The maximum absolute atomic E-state index is 9.94. The van der Waals surface area contributed by atoms with Gasteiger partial charge in [0.15, 0.2) is 0 Å². The summed E-state index contributed by atoms with van der Waals surface area (Å²) < 4.78 is 0. The smallest absolute Gasteiger partial charge is 0.0914 e. The predicted molar refractivity (Wildman–Crippen MR) is 76.7 cm³/mol. The number of rotatable bonds is 8. The zero-order valence-corrected chi connectivity index (χ0v) is 11.8. The summed E-state index contributed by atoms with van der Waals surface area (Å²) in [5, 5.41) is 13.2. The van der Waals surface area contributed by atoms with Crippen molar-refractivity contribution in [2.75, 3.05) is 26.7 Å². The van der Waals surface area contributed by atoms with Gasteiger partial charge in [0, 0.05) is 12.6 Å². The van der Waals surface area contributed by atoms with E-state index >= 15 is 0 Å². The van der Waals surface area contributed by atoms with Crippen LogP contribution in [0.25, 0.3) is 0 Å². The molecule has 3 nitrogen and oxygen atoms in total. The third-order valence-corrected chi connectivity index (χ3v) is 3.27. The first-order chi connectivity index (χ1) is 8.61. The molecular formula is C15H26N2O. The maximum Gasteiger partial charge on any atom is 0.0914 e. The van der Waals surface area contributed by atoms with Crippen LogP contribution in [0.1, 0.15) is 31.9 Å². The molecule has 0 aliphatic rings. The van der Waals surface area contributed by atoms with Crippen LogP contribution in [0.5, 0.6) is 0 Å². The Kier molecular flexibility index (Phi) is 6.94. The van der Waals surface area contributed by atoms with Gasteiger partial charge in [0.25, 0.3) is 0 Å². The van der Waals surface area contributed by atoms with Crippen LogP contribution in [0.4, 0.5) is 0 Å². The molecule has 0 spiro atoms. The third kappa shape index (κ3) is 5.63. The van der Waals surface area contributed by atoms with E-state index in [0.717, 1.165) is 25.1 Å². The van der Waals surface area contributed by atoms with E-state index in [-0.39, 0.29) is 0 Å². The highest BCUT2D eigenvalue weighted by molar-refractivity contribution is 5.17. The fourth-order valence-electron chi connectivity index (χ4n) is 1.74. The van der Waals surface area contributed by atoms with Crippen molar-refractivity contribution < 1.29 is 5.11 Å². The summed E-state index contributed by atoms with van der Waals surface area (Å²) in [6.45, 7) is 7.06. The van der Waals surface area contributed by atoms with Gasteiger partial charge >= 0.3 is 0 Å². The largest absolute Gasteiger partial charge is 0.387 e.